The van der Waals surface area contributed by atoms with E-state index in [1.54, 1.807) is 13.2 Å². The molecule has 0 amide bonds. The van der Waals surface area contributed by atoms with Crippen molar-refractivity contribution in [2.24, 2.45) is 13.0 Å². The van der Waals surface area contributed by atoms with Crippen molar-refractivity contribution in [3.05, 3.63) is 57.0 Å². The zero-order valence-electron chi connectivity index (χ0n) is 21.0. The Bertz CT molecular complexity index is 1630. The number of hydrogen-bond acceptors (Lipinski definition) is 9. The molecule has 13 heteroatoms. The SMILES string of the molecule is Cn1c(=O)c(=O)n(C2CCN(c3ncc(S(=O)(=O)NCC4CC4)cn3)CC2)c2ncc(C3=CCOC3)cc21. The molecule has 2 fully saturated rings. The zero-order valence-corrected chi connectivity index (χ0v) is 21.9. The molecule has 0 atom stereocenters. The highest BCUT2D eigenvalue weighted by atomic mass is 32.2. The summed E-state index contributed by atoms with van der Waals surface area (Å²) >= 11 is 0. The maximum atomic E-state index is 13.1. The van der Waals surface area contributed by atoms with Gasteiger partial charge in [0.2, 0.25) is 16.0 Å². The number of piperidine rings is 1. The lowest BCUT2D eigenvalue weighted by Crippen LogP contribution is -2.45. The molecule has 5 heterocycles. The molecule has 200 valence electrons. The summed E-state index contributed by atoms with van der Waals surface area (Å²) < 4.78 is 35.8. The molecule has 1 N–H and O–H groups in total. The Balaban J connectivity index is 1.21. The van der Waals surface area contributed by atoms with Crippen molar-refractivity contribution < 1.29 is 13.2 Å². The summed E-state index contributed by atoms with van der Waals surface area (Å²) in [5, 5.41) is 0. The topological polar surface area (TPSA) is 141 Å². The van der Waals surface area contributed by atoms with Crippen molar-refractivity contribution in [1.29, 1.82) is 0 Å². The number of aryl methyl sites for hydroxylation is 1. The Morgan fingerprint density at radius 2 is 1.76 bits per heavy atom. The predicted octanol–water partition coefficient (Wildman–Crippen LogP) is 0.829. The molecule has 0 aromatic carbocycles. The van der Waals surface area contributed by atoms with Crippen molar-refractivity contribution in [2.45, 2.75) is 36.6 Å². The van der Waals surface area contributed by atoms with E-state index in [2.05, 4.69) is 19.7 Å². The van der Waals surface area contributed by atoms with Gasteiger partial charge < -0.3 is 14.2 Å². The molecule has 3 aromatic rings. The largest absolute Gasteiger partial charge is 0.373 e. The fourth-order valence-corrected chi connectivity index (χ4v) is 6.01. The van der Waals surface area contributed by atoms with Gasteiger partial charge in [-0.3, -0.25) is 14.2 Å². The number of ether oxygens (including phenoxy) is 1. The molecule has 38 heavy (non-hydrogen) atoms. The third-order valence-corrected chi connectivity index (χ3v) is 8.89. The van der Waals surface area contributed by atoms with E-state index in [0.717, 1.165) is 24.0 Å². The zero-order chi connectivity index (χ0) is 26.4. The second kappa shape index (κ2) is 9.71. The van der Waals surface area contributed by atoms with Crippen LogP contribution in [0, 0.1) is 5.92 Å². The number of nitrogens with zero attached hydrogens (tertiary/aromatic N) is 6. The van der Waals surface area contributed by atoms with Gasteiger partial charge in [0.25, 0.3) is 0 Å². The first-order valence-corrected chi connectivity index (χ1v) is 14.3. The third-order valence-electron chi connectivity index (χ3n) is 7.52. The average Bonchev–Trinajstić information content (AvgIpc) is 3.62. The minimum atomic E-state index is -3.63. The molecular formula is C25H29N7O5S. The van der Waals surface area contributed by atoms with Gasteiger partial charge >= 0.3 is 11.1 Å². The van der Waals surface area contributed by atoms with Crippen LogP contribution in [-0.4, -0.2) is 65.4 Å². The van der Waals surface area contributed by atoms with Crippen LogP contribution >= 0.6 is 0 Å². The molecule has 1 saturated carbocycles. The normalized spacial score (nSPS) is 18.8. The number of pyridine rings is 1. The molecule has 1 aliphatic carbocycles. The van der Waals surface area contributed by atoms with Crippen LogP contribution in [0.5, 0.6) is 0 Å². The van der Waals surface area contributed by atoms with E-state index in [1.165, 1.54) is 21.5 Å². The van der Waals surface area contributed by atoms with Crippen LogP contribution in [0.3, 0.4) is 0 Å². The van der Waals surface area contributed by atoms with Crippen LogP contribution in [0.15, 0.2) is 45.2 Å². The monoisotopic (exact) mass is 539 g/mol. The molecule has 0 unspecified atom stereocenters. The first-order chi connectivity index (χ1) is 18.3. The van der Waals surface area contributed by atoms with E-state index < -0.39 is 21.1 Å². The highest BCUT2D eigenvalue weighted by Crippen LogP contribution is 2.29. The number of sulfonamides is 1. The number of aromatic nitrogens is 5. The van der Waals surface area contributed by atoms with E-state index in [-0.39, 0.29) is 10.9 Å². The Morgan fingerprint density at radius 1 is 1.03 bits per heavy atom. The van der Waals surface area contributed by atoms with Crippen molar-refractivity contribution in [1.82, 2.24) is 28.8 Å². The highest BCUT2D eigenvalue weighted by Gasteiger charge is 2.28. The van der Waals surface area contributed by atoms with Crippen LogP contribution in [0.4, 0.5) is 5.95 Å². The van der Waals surface area contributed by atoms with Crippen LogP contribution in [-0.2, 0) is 21.8 Å². The molecule has 0 radical (unpaired) electrons. The molecule has 3 aliphatic rings. The minimum absolute atomic E-state index is 0.0420. The summed E-state index contributed by atoms with van der Waals surface area (Å²) in [7, 11) is -2.04. The first kappa shape index (κ1) is 24.9. The summed E-state index contributed by atoms with van der Waals surface area (Å²) in [6.07, 6.45) is 9.64. The number of nitrogens with one attached hydrogen (secondary N) is 1. The van der Waals surface area contributed by atoms with E-state index in [0.29, 0.717) is 68.7 Å². The lowest BCUT2D eigenvalue weighted by Gasteiger charge is -2.33. The molecule has 6 rings (SSSR count). The van der Waals surface area contributed by atoms with Crippen molar-refractivity contribution in [3.8, 4) is 0 Å². The Morgan fingerprint density at radius 3 is 2.42 bits per heavy atom. The standard InChI is InChI=1S/C25H29N7O5S/c1-30-21-10-18(17-6-9-37-15-17)12-26-22(21)32(24(34)23(30)33)19-4-7-31(8-5-19)25-27-13-20(14-28-25)38(35,36)29-11-16-2-3-16/h6,10,12-14,16,19,29H,2-5,7-9,11,15H2,1H3. The maximum absolute atomic E-state index is 13.1. The summed E-state index contributed by atoms with van der Waals surface area (Å²) in [6, 6.07) is 1.67. The lowest BCUT2D eigenvalue weighted by molar-refractivity contribution is 0.216. The number of rotatable bonds is 7. The van der Waals surface area contributed by atoms with Gasteiger partial charge in [0.1, 0.15) is 4.90 Å². The summed E-state index contributed by atoms with van der Waals surface area (Å²) in [4.78, 5) is 41.1. The molecular weight excluding hydrogens is 510 g/mol. The number of anilines is 1. The number of fused-ring (bicyclic) bond motifs is 1. The van der Waals surface area contributed by atoms with Gasteiger partial charge in [-0.1, -0.05) is 6.08 Å². The molecule has 0 bridgehead atoms. The maximum Gasteiger partial charge on any atom is 0.318 e. The van der Waals surface area contributed by atoms with Crippen molar-refractivity contribution >= 4 is 32.7 Å². The van der Waals surface area contributed by atoms with Gasteiger partial charge in [-0.05, 0) is 43.2 Å². The fourth-order valence-electron chi connectivity index (χ4n) is 5.00. The van der Waals surface area contributed by atoms with E-state index in [1.807, 2.05) is 17.0 Å². The van der Waals surface area contributed by atoms with Gasteiger partial charge in [-0.15, -0.1) is 0 Å². The smallest absolute Gasteiger partial charge is 0.318 e. The quantitative estimate of drug-likeness (QED) is 0.432. The Kier molecular flexibility index (Phi) is 6.36. The summed E-state index contributed by atoms with van der Waals surface area (Å²) in [5.41, 5.74) is 1.77. The first-order valence-electron chi connectivity index (χ1n) is 12.8. The molecule has 3 aromatic heterocycles. The lowest BCUT2D eigenvalue weighted by atomic mass is 10.0. The third kappa shape index (κ3) is 4.65. The molecule has 0 spiro atoms. The van der Waals surface area contributed by atoms with Crippen LogP contribution in [0.2, 0.25) is 0 Å². The predicted molar refractivity (Wildman–Crippen MR) is 140 cm³/mol. The van der Waals surface area contributed by atoms with Gasteiger partial charge in [-0.2, -0.15) is 0 Å². The number of hydrogen-bond donors (Lipinski definition) is 1. The summed E-state index contributed by atoms with van der Waals surface area (Å²) in [6.45, 7) is 2.57. The summed E-state index contributed by atoms with van der Waals surface area (Å²) in [5.74, 6) is 0.859. The van der Waals surface area contributed by atoms with Gasteiger partial charge in [0, 0.05) is 44.5 Å². The Labute approximate surface area is 219 Å². The minimum Gasteiger partial charge on any atom is -0.373 e. The second-order valence-corrected chi connectivity index (χ2v) is 11.8. The average molecular weight is 540 g/mol. The van der Waals surface area contributed by atoms with Gasteiger partial charge in [-0.25, -0.2) is 28.1 Å². The fraction of sp³-hybridized carbons (Fsp3) is 0.480. The van der Waals surface area contributed by atoms with Crippen LogP contribution in [0.25, 0.3) is 16.7 Å². The van der Waals surface area contributed by atoms with Crippen LogP contribution in [0.1, 0.15) is 37.3 Å². The molecule has 1 saturated heterocycles. The highest BCUT2D eigenvalue weighted by molar-refractivity contribution is 7.89. The molecule has 2 aliphatic heterocycles. The van der Waals surface area contributed by atoms with Crippen LogP contribution < -0.4 is 20.7 Å². The van der Waals surface area contributed by atoms with Gasteiger partial charge in [0.15, 0.2) is 5.65 Å². The van der Waals surface area contributed by atoms with Crippen molar-refractivity contribution in [2.75, 3.05) is 37.7 Å². The van der Waals surface area contributed by atoms with Crippen molar-refractivity contribution in [3.63, 3.8) is 0 Å². The Hall–Kier alpha value is -3.42. The van der Waals surface area contributed by atoms with Gasteiger partial charge in [0.05, 0.1) is 31.1 Å². The second-order valence-electron chi connectivity index (χ2n) is 10.1. The van der Waals surface area contributed by atoms with E-state index >= 15 is 0 Å². The van der Waals surface area contributed by atoms with E-state index in [4.69, 9.17) is 4.74 Å². The molecule has 12 nitrogen and oxygen atoms in total. The van der Waals surface area contributed by atoms with E-state index in [9.17, 15) is 18.0 Å².